The number of anilines is 1. The number of rotatable bonds is 4. The van der Waals surface area contributed by atoms with Crippen molar-refractivity contribution >= 4 is 11.7 Å². The summed E-state index contributed by atoms with van der Waals surface area (Å²) in [5.74, 6) is -1.05. The third kappa shape index (κ3) is 3.50. The van der Waals surface area contributed by atoms with Gasteiger partial charge in [0.15, 0.2) is 0 Å². The highest BCUT2D eigenvalue weighted by molar-refractivity contribution is 5.71. The molecule has 1 saturated heterocycles. The molecule has 0 aromatic carbocycles. The highest BCUT2D eigenvalue weighted by atomic mass is 16.4. The maximum Gasteiger partial charge on any atom is 0.308 e. The van der Waals surface area contributed by atoms with E-state index in [1.807, 2.05) is 6.20 Å². The molecular formula is C14H23N3O3. The Balaban J connectivity index is 2.11. The first-order valence-electron chi connectivity index (χ1n) is 7.00. The van der Waals surface area contributed by atoms with Crippen molar-refractivity contribution in [3.8, 4) is 0 Å². The van der Waals surface area contributed by atoms with Gasteiger partial charge in [0, 0.05) is 18.8 Å². The maximum atomic E-state index is 11.2. The number of carbonyl (C=O) groups is 1. The Hall–Kier alpha value is -1.56. The molecule has 0 unspecified atom stereocenters. The van der Waals surface area contributed by atoms with Crippen molar-refractivity contribution in [3.05, 3.63) is 12.4 Å². The summed E-state index contributed by atoms with van der Waals surface area (Å²) in [4.78, 5) is 13.2. The zero-order chi connectivity index (χ0) is 14.9. The SMILES string of the molecule is C[C@@H]1CC[C@H](C(=O)O)CN1c1cnn(CC(C)(C)O)c1. The fourth-order valence-corrected chi connectivity index (χ4v) is 2.65. The van der Waals surface area contributed by atoms with E-state index < -0.39 is 11.6 Å². The van der Waals surface area contributed by atoms with Crippen LogP contribution in [0.25, 0.3) is 0 Å². The lowest BCUT2D eigenvalue weighted by molar-refractivity contribution is -0.142. The minimum atomic E-state index is -0.819. The van der Waals surface area contributed by atoms with Crippen LogP contribution < -0.4 is 4.90 Å². The summed E-state index contributed by atoms with van der Waals surface area (Å²) in [7, 11) is 0. The van der Waals surface area contributed by atoms with Crippen LogP contribution in [0.2, 0.25) is 0 Å². The monoisotopic (exact) mass is 281 g/mol. The minimum absolute atomic E-state index is 0.311. The van der Waals surface area contributed by atoms with Crippen LogP contribution in [-0.4, -0.2) is 44.2 Å². The van der Waals surface area contributed by atoms with Gasteiger partial charge in [-0.05, 0) is 33.6 Å². The Labute approximate surface area is 119 Å². The summed E-state index contributed by atoms with van der Waals surface area (Å²) < 4.78 is 1.70. The largest absolute Gasteiger partial charge is 0.481 e. The summed E-state index contributed by atoms with van der Waals surface area (Å²) in [6, 6.07) is 0.311. The van der Waals surface area contributed by atoms with Crippen molar-refractivity contribution in [3.63, 3.8) is 0 Å². The van der Waals surface area contributed by atoms with Gasteiger partial charge >= 0.3 is 5.97 Å². The molecule has 2 N–H and O–H groups in total. The van der Waals surface area contributed by atoms with Crippen LogP contribution in [-0.2, 0) is 11.3 Å². The number of aliphatic hydroxyl groups is 1. The molecular weight excluding hydrogens is 258 g/mol. The van der Waals surface area contributed by atoms with Gasteiger partial charge in [-0.3, -0.25) is 9.48 Å². The fraction of sp³-hybridized carbons (Fsp3) is 0.714. The number of nitrogens with zero attached hydrogens (tertiary/aromatic N) is 3. The van der Waals surface area contributed by atoms with E-state index in [9.17, 15) is 9.90 Å². The van der Waals surface area contributed by atoms with E-state index in [2.05, 4.69) is 16.9 Å². The molecule has 2 atom stereocenters. The number of carboxylic acid groups (broad SMARTS) is 1. The first-order valence-corrected chi connectivity index (χ1v) is 7.00. The molecule has 0 radical (unpaired) electrons. The smallest absolute Gasteiger partial charge is 0.308 e. The van der Waals surface area contributed by atoms with E-state index in [1.54, 1.807) is 24.7 Å². The molecule has 1 aromatic rings. The van der Waals surface area contributed by atoms with Crippen LogP contribution in [0.3, 0.4) is 0 Å². The quantitative estimate of drug-likeness (QED) is 0.871. The standard InChI is InChI=1S/C14H23N3O3/c1-10-4-5-11(13(18)19)7-17(10)12-6-15-16(8-12)9-14(2,3)20/h6,8,10-11,20H,4-5,7,9H2,1-3H3,(H,18,19)/t10-,11+/m1/s1. The Morgan fingerprint density at radius 1 is 1.50 bits per heavy atom. The van der Waals surface area contributed by atoms with Gasteiger partial charge in [0.25, 0.3) is 0 Å². The molecule has 1 aromatic heterocycles. The van der Waals surface area contributed by atoms with Crippen LogP contribution in [0.5, 0.6) is 0 Å². The van der Waals surface area contributed by atoms with Crippen molar-refractivity contribution in [2.45, 2.75) is 51.8 Å². The van der Waals surface area contributed by atoms with E-state index in [0.29, 0.717) is 19.1 Å². The Morgan fingerprint density at radius 3 is 2.80 bits per heavy atom. The lowest BCUT2D eigenvalue weighted by Gasteiger charge is -2.37. The van der Waals surface area contributed by atoms with Crippen molar-refractivity contribution in [2.75, 3.05) is 11.4 Å². The molecule has 0 amide bonds. The highest BCUT2D eigenvalue weighted by Gasteiger charge is 2.30. The number of hydrogen-bond donors (Lipinski definition) is 2. The zero-order valence-electron chi connectivity index (χ0n) is 12.3. The summed E-state index contributed by atoms with van der Waals surface area (Å²) in [6.45, 7) is 6.50. The number of carboxylic acids is 1. The molecule has 2 rings (SSSR count). The second-order valence-electron chi connectivity index (χ2n) is 6.32. The molecule has 0 spiro atoms. The molecule has 0 aliphatic carbocycles. The van der Waals surface area contributed by atoms with Gasteiger partial charge in [0.2, 0.25) is 0 Å². The molecule has 0 bridgehead atoms. The van der Waals surface area contributed by atoms with E-state index in [0.717, 1.165) is 18.5 Å². The van der Waals surface area contributed by atoms with E-state index in [4.69, 9.17) is 5.11 Å². The van der Waals surface area contributed by atoms with E-state index in [1.165, 1.54) is 0 Å². The van der Waals surface area contributed by atoms with Crippen LogP contribution in [0, 0.1) is 5.92 Å². The maximum absolute atomic E-state index is 11.2. The summed E-state index contributed by atoms with van der Waals surface area (Å²) >= 11 is 0. The van der Waals surface area contributed by atoms with Crippen LogP contribution in [0.1, 0.15) is 33.6 Å². The normalized spacial score (nSPS) is 23.9. The number of piperidine rings is 1. The first kappa shape index (κ1) is 14.8. The molecule has 2 heterocycles. The molecule has 112 valence electrons. The Kier molecular flexibility index (Phi) is 4.04. The second kappa shape index (κ2) is 5.44. The third-order valence-corrected chi connectivity index (χ3v) is 3.73. The van der Waals surface area contributed by atoms with Gasteiger partial charge in [-0.15, -0.1) is 0 Å². The van der Waals surface area contributed by atoms with Gasteiger partial charge in [-0.2, -0.15) is 5.10 Å². The first-order chi connectivity index (χ1) is 9.26. The molecule has 20 heavy (non-hydrogen) atoms. The molecule has 6 heteroatoms. The average molecular weight is 281 g/mol. The predicted octanol–water partition coefficient (Wildman–Crippen LogP) is 1.34. The topological polar surface area (TPSA) is 78.6 Å². The zero-order valence-corrected chi connectivity index (χ0v) is 12.3. The Morgan fingerprint density at radius 2 is 2.20 bits per heavy atom. The lowest BCUT2D eigenvalue weighted by Crippen LogP contribution is -2.44. The Bertz CT molecular complexity index is 478. The molecule has 6 nitrogen and oxygen atoms in total. The lowest BCUT2D eigenvalue weighted by atomic mass is 9.93. The average Bonchev–Trinajstić information content (AvgIpc) is 2.75. The van der Waals surface area contributed by atoms with E-state index >= 15 is 0 Å². The third-order valence-electron chi connectivity index (χ3n) is 3.73. The van der Waals surface area contributed by atoms with Crippen LogP contribution in [0.15, 0.2) is 12.4 Å². The molecule has 1 aliphatic rings. The second-order valence-corrected chi connectivity index (χ2v) is 6.32. The van der Waals surface area contributed by atoms with E-state index in [-0.39, 0.29) is 5.92 Å². The summed E-state index contributed by atoms with van der Waals surface area (Å²) in [5, 5.41) is 23.2. The van der Waals surface area contributed by atoms with Gasteiger partial charge in [0.1, 0.15) is 0 Å². The van der Waals surface area contributed by atoms with Gasteiger partial charge < -0.3 is 15.1 Å². The minimum Gasteiger partial charge on any atom is -0.481 e. The van der Waals surface area contributed by atoms with Crippen molar-refractivity contribution in [2.24, 2.45) is 5.92 Å². The number of aliphatic carboxylic acids is 1. The number of aromatic nitrogens is 2. The molecule has 0 saturated carbocycles. The molecule has 1 fully saturated rings. The van der Waals surface area contributed by atoms with Gasteiger partial charge in [-0.25, -0.2) is 0 Å². The van der Waals surface area contributed by atoms with Gasteiger partial charge in [0.05, 0.1) is 29.9 Å². The summed E-state index contributed by atoms with van der Waals surface area (Å²) in [6.07, 6.45) is 5.21. The fourth-order valence-electron chi connectivity index (χ4n) is 2.65. The highest BCUT2D eigenvalue weighted by Crippen LogP contribution is 2.27. The van der Waals surface area contributed by atoms with Crippen LogP contribution >= 0.6 is 0 Å². The van der Waals surface area contributed by atoms with Crippen LogP contribution in [0.4, 0.5) is 5.69 Å². The predicted molar refractivity (Wildman–Crippen MR) is 75.7 cm³/mol. The molecule has 1 aliphatic heterocycles. The number of hydrogen-bond acceptors (Lipinski definition) is 4. The van der Waals surface area contributed by atoms with Crippen molar-refractivity contribution in [1.82, 2.24) is 9.78 Å². The summed E-state index contributed by atoms with van der Waals surface area (Å²) in [5.41, 5.74) is 0.105. The van der Waals surface area contributed by atoms with Crippen molar-refractivity contribution in [1.29, 1.82) is 0 Å². The van der Waals surface area contributed by atoms with Gasteiger partial charge in [-0.1, -0.05) is 0 Å². The van der Waals surface area contributed by atoms with Crippen molar-refractivity contribution < 1.29 is 15.0 Å².